The lowest BCUT2D eigenvalue weighted by molar-refractivity contribution is -0.144. The number of nitriles is 1. The standard InChI is InChI=1S/C18H29F3N6OS.C10H12N2.C2H6.CH2O/c19-18(20,21)17-24-15(26-8-1-2-9-26)13-16(25-17)27-10-4-14(5-11-27)3-7-23-29(28)12-6-22;1-12-7-6-9-2-4-10(8-11)5-3-9;2*1-2/h13-14,23H,1-12,22H2;2-5,12H,6-7H2,1H3;1-2H3;1H2. The van der Waals surface area contributed by atoms with Gasteiger partial charge < -0.3 is 25.6 Å². The van der Waals surface area contributed by atoms with Crippen molar-refractivity contribution in [1.82, 2.24) is 20.0 Å². The molecule has 1 aromatic carbocycles. The summed E-state index contributed by atoms with van der Waals surface area (Å²) in [6.45, 7) is 10.8. The van der Waals surface area contributed by atoms with Crippen LogP contribution < -0.4 is 25.6 Å². The van der Waals surface area contributed by atoms with E-state index in [2.05, 4.69) is 26.1 Å². The summed E-state index contributed by atoms with van der Waals surface area (Å²) in [6.07, 6.45) is 1.02. The van der Waals surface area contributed by atoms with Gasteiger partial charge in [-0.3, -0.25) is 0 Å². The second-order valence-corrected chi connectivity index (χ2v) is 11.6. The molecule has 14 heteroatoms. The molecule has 2 fully saturated rings. The Morgan fingerprint density at radius 3 is 2.07 bits per heavy atom. The molecule has 0 saturated carbocycles. The molecule has 2 aliphatic heterocycles. The predicted molar refractivity (Wildman–Crippen MR) is 175 cm³/mol. The van der Waals surface area contributed by atoms with Crippen molar-refractivity contribution in [3.63, 3.8) is 0 Å². The lowest BCUT2D eigenvalue weighted by Gasteiger charge is -2.33. The molecular weight excluding hydrogens is 605 g/mol. The lowest BCUT2D eigenvalue weighted by Crippen LogP contribution is -2.36. The molecule has 2 aromatic rings. The number of aromatic nitrogens is 2. The summed E-state index contributed by atoms with van der Waals surface area (Å²) in [5.41, 5.74) is 7.37. The van der Waals surface area contributed by atoms with Crippen LogP contribution >= 0.6 is 0 Å². The number of piperidine rings is 1. The van der Waals surface area contributed by atoms with E-state index in [0.717, 1.165) is 63.7 Å². The highest BCUT2D eigenvalue weighted by Crippen LogP contribution is 2.32. The van der Waals surface area contributed by atoms with Gasteiger partial charge in [0.2, 0.25) is 5.82 Å². The number of nitrogens with two attached hydrogens (primary N) is 1. The maximum atomic E-state index is 13.3. The van der Waals surface area contributed by atoms with Gasteiger partial charge in [-0.05, 0) is 75.7 Å². The van der Waals surface area contributed by atoms with Gasteiger partial charge in [-0.1, -0.05) is 26.0 Å². The number of hydrogen-bond acceptors (Lipinski definition) is 9. The molecule has 45 heavy (non-hydrogen) atoms. The van der Waals surface area contributed by atoms with Crippen molar-refractivity contribution in [2.45, 2.75) is 58.5 Å². The van der Waals surface area contributed by atoms with Crippen molar-refractivity contribution < 1.29 is 22.2 Å². The first-order chi connectivity index (χ1) is 21.7. The molecule has 1 unspecified atom stereocenters. The van der Waals surface area contributed by atoms with E-state index in [1.165, 1.54) is 5.56 Å². The summed E-state index contributed by atoms with van der Waals surface area (Å²) in [5.74, 6) is 0.553. The van der Waals surface area contributed by atoms with Crippen LogP contribution in [0.1, 0.15) is 62.9 Å². The monoisotopic (exact) mass is 654 g/mol. The Hall–Kier alpha value is -3.12. The van der Waals surface area contributed by atoms with E-state index in [-0.39, 0.29) is 0 Å². The first-order valence-corrected chi connectivity index (χ1v) is 16.8. The minimum Gasteiger partial charge on any atom is -0.356 e. The molecule has 2 aliphatic rings. The van der Waals surface area contributed by atoms with Crippen molar-refractivity contribution >= 4 is 29.4 Å². The number of carbonyl (C=O) groups is 1. The number of halogens is 3. The predicted octanol–water partition coefficient (Wildman–Crippen LogP) is 4.08. The molecule has 252 valence electrons. The van der Waals surface area contributed by atoms with Crippen molar-refractivity contribution in [2.24, 2.45) is 11.7 Å². The topological polar surface area (TPSA) is 140 Å². The number of carbonyl (C=O) groups excluding carboxylic acids is 1. The van der Waals surface area contributed by atoms with Crippen LogP contribution in [0.15, 0.2) is 30.3 Å². The van der Waals surface area contributed by atoms with Crippen LogP contribution in [0, 0.1) is 17.2 Å². The van der Waals surface area contributed by atoms with Crippen LogP contribution in [0.3, 0.4) is 0 Å². The highest BCUT2D eigenvalue weighted by Gasteiger charge is 2.37. The van der Waals surface area contributed by atoms with Crippen LogP contribution in [-0.4, -0.2) is 79.6 Å². The number of rotatable bonds is 11. The molecule has 1 aromatic heterocycles. The zero-order valence-electron chi connectivity index (χ0n) is 26.7. The number of benzene rings is 1. The van der Waals surface area contributed by atoms with E-state index < -0.39 is 23.0 Å². The molecule has 1 atom stereocenters. The van der Waals surface area contributed by atoms with E-state index in [9.17, 15) is 17.4 Å². The normalized spacial score (nSPS) is 15.4. The summed E-state index contributed by atoms with van der Waals surface area (Å²) in [6, 6.07) is 11.5. The number of nitrogens with one attached hydrogen (secondary N) is 2. The van der Waals surface area contributed by atoms with Gasteiger partial charge in [0.1, 0.15) is 18.4 Å². The van der Waals surface area contributed by atoms with E-state index in [0.29, 0.717) is 49.5 Å². The van der Waals surface area contributed by atoms with Crippen molar-refractivity contribution in [3.8, 4) is 6.07 Å². The number of likely N-dealkylation sites (N-methyl/N-ethyl adjacent to an activating group) is 1. The van der Waals surface area contributed by atoms with Crippen LogP contribution in [0.2, 0.25) is 0 Å². The summed E-state index contributed by atoms with van der Waals surface area (Å²) in [4.78, 5) is 19.4. The summed E-state index contributed by atoms with van der Waals surface area (Å²) in [7, 11) is 0.844. The lowest BCUT2D eigenvalue weighted by atomic mass is 9.94. The minimum atomic E-state index is -4.56. The first-order valence-electron chi connectivity index (χ1n) is 15.4. The Bertz CT molecular complexity index is 1150. The maximum Gasteiger partial charge on any atom is 0.451 e. The van der Waals surface area contributed by atoms with Gasteiger partial charge in [0.15, 0.2) is 0 Å². The fourth-order valence-corrected chi connectivity index (χ4v) is 5.55. The summed E-state index contributed by atoms with van der Waals surface area (Å²) < 4.78 is 54.5. The zero-order valence-corrected chi connectivity index (χ0v) is 27.6. The molecule has 0 bridgehead atoms. The Kier molecular flexibility index (Phi) is 19.9. The number of anilines is 2. The smallest absolute Gasteiger partial charge is 0.356 e. The molecule has 3 heterocycles. The Morgan fingerprint density at radius 1 is 1.02 bits per heavy atom. The van der Waals surface area contributed by atoms with Crippen molar-refractivity contribution in [2.75, 3.05) is 68.4 Å². The van der Waals surface area contributed by atoms with Gasteiger partial charge in [0, 0.05) is 45.3 Å². The third-order valence-electron chi connectivity index (χ3n) is 7.19. The molecule has 0 amide bonds. The molecule has 4 N–H and O–H groups in total. The molecule has 0 aliphatic carbocycles. The van der Waals surface area contributed by atoms with E-state index in [1.54, 1.807) is 6.07 Å². The fourth-order valence-electron chi connectivity index (χ4n) is 4.84. The summed E-state index contributed by atoms with van der Waals surface area (Å²) in [5, 5.41) is 11.6. The van der Waals surface area contributed by atoms with Gasteiger partial charge in [-0.2, -0.15) is 18.4 Å². The Morgan fingerprint density at radius 2 is 1.58 bits per heavy atom. The van der Waals surface area contributed by atoms with Crippen molar-refractivity contribution in [1.29, 1.82) is 5.26 Å². The highest BCUT2D eigenvalue weighted by atomic mass is 32.2. The van der Waals surface area contributed by atoms with Crippen LogP contribution in [0.4, 0.5) is 24.8 Å². The number of hydrogen-bond donors (Lipinski definition) is 3. The second-order valence-electron chi connectivity index (χ2n) is 10.2. The zero-order chi connectivity index (χ0) is 33.7. The Labute approximate surface area is 268 Å². The Balaban J connectivity index is 0.000000528. The van der Waals surface area contributed by atoms with Crippen molar-refractivity contribution in [3.05, 3.63) is 47.3 Å². The fraction of sp³-hybridized carbons (Fsp3) is 0.613. The first kappa shape index (κ1) is 39.9. The van der Waals surface area contributed by atoms with Gasteiger partial charge >= 0.3 is 6.18 Å². The second kappa shape index (κ2) is 22.4. The third kappa shape index (κ3) is 14.7. The van der Waals surface area contributed by atoms with Gasteiger partial charge in [0.05, 0.1) is 28.4 Å². The molecule has 10 nitrogen and oxygen atoms in total. The van der Waals surface area contributed by atoms with Crippen LogP contribution in [0.25, 0.3) is 0 Å². The largest absolute Gasteiger partial charge is 0.451 e. The third-order valence-corrected chi connectivity index (χ3v) is 8.32. The van der Waals surface area contributed by atoms with Gasteiger partial charge in [-0.15, -0.1) is 0 Å². The maximum absolute atomic E-state index is 13.3. The van der Waals surface area contributed by atoms with Crippen LogP contribution in [-0.2, 0) is 28.4 Å². The molecule has 2 saturated heterocycles. The number of nitrogens with zero attached hydrogens (tertiary/aromatic N) is 5. The molecule has 0 spiro atoms. The summed E-state index contributed by atoms with van der Waals surface area (Å²) >= 11 is 0. The van der Waals surface area contributed by atoms with Gasteiger partial charge in [0.25, 0.3) is 0 Å². The average molecular weight is 655 g/mol. The minimum absolute atomic E-state index is 0.356. The molecule has 4 rings (SSSR count). The highest BCUT2D eigenvalue weighted by molar-refractivity contribution is 7.83. The van der Waals surface area contributed by atoms with Gasteiger partial charge in [-0.25, -0.2) is 18.9 Å². The number of alkyl halides is 3. The molecular formula is C31H49F3N8O2S. The van der Waals surface area contributed by atoms with E-state index >= 15 is 0 Å². The van der Waals surface area contributed by atoms with E-state index in [1.807, 2.05) is 61.7 Å². The molecule has 0 radical (unpaired) electrons. The van der Waals surface area contributed by atoms with E-state index in [4.69, 9.17) is 15.8 Å². The SMILES string of the molecule is C=O.CC.CNCCc1ccc(C#N)cc1.NCCS(=O)NCCC1CCN(c2cc(N3CCCC3)nc(C(F)(F)F)n2)CC1. The van der Waals surface area contributed by atoms with Crippen LogP contribution in [0.5, 0.6) is 0 Å². The average Bonchev–Trinajstić information content (AvgIpc) is 3.62. The quantitative estimate of drug-likeness (QED) is 0.327.